The summed E-state index contributed by atoms with van der Waals surface area (Å²) in [6.07, 6.45) is 9.37. The van der Waals surface area contributed by atoms with Crippen LogP contribution >= 0.6 is 0 Å². The summed E-state index contributed by atoms with van der Waals surface area (Å²) in [7, 11) is 0. The van der Waals surface area contributed by atoms with E-state index in [-0.39, 0.29) is 5.92 Å². The Labute approximate surface area is 317 Å². The van der Waals surface area contributed by atoms with E-state index in [1.54, 1.807) is 0 Å². The lowest BCUT2D eigenvalue weighted by Gasteiger charge is -2.14. The van der Waals surface area contributed by atoms with E-state index in [2.05, 4.69) is 158 Å². The summed E-state index contributed by atoms with van der Waals surface area (Å²) in [4.78, 5) is 14.9. The lowest BCUT2D eigenvalue weighted by atomic mass is 9.91. The van der Waals surface area contributed by atoms with Gasteiger partial charge in [0.1, 0.15) is 17.0 Å². The normalized spacial score (nSPS) is 14.1. The van der Waals surface area contributed by atoms with Crippen LogP contribution < -0.4 is 0 Å². The molecule has 0 aliphatic heterocycles. The first-order chi connectivity index (χ1) is 27.2. The van der Waals surface area contributed by atoms with Gasteiger partial charge in [0, 0.05) is 33.2 Å². The van der Waals surface area contributed by atoms with Gasteiger partial charge in [-0.15, -0.1) is 0 Å². The van der Waals surface area contributed by atoms with Crippen molar-refractivity contribution in [2.45, 2.75) is 12.3 Å². The highest BCUT2D eigenvalue weighted by Crippen LogP contribution is 2.43. The smallest absolute Gasteiger partial charge is 0.163 e. The first-order valence-electron chi connectivity index (χ1n) is 18.8. The predicted octanol–water partition coefficient (Wildman–Crippen LogP) is 13.5. The number of furan rings is 1. The minimum Gasteiger partial charge on any atom is -0.455 e. The highest BCUT2D eigenvalue weighted by molar-refractivity contribution is 6.32. The van der Waals surface area contributed by atoms with Crippen LogP contribution in [0.25, 0.3) is 99.3 Å². The predicted molar refractivity (Wildman–Crippen MR) is 227 cm³/mol. The Morgan fingerprint density at radius 1 is 0.418 bits per heavy atom. The average Bonchev–Trinajstić information content (AvgIpc) is 3.66. The molecular formula is C51H33N3O. The van der Waals surface area contributed by atoms with Crippen LogP contribution in [0, 0.1) is 0 Å². The minimum atomic E-state index is 0.114. The SMILES string of the molecule is C1=CCC(c2nc(-c3ccccc3)nc(-c3cccc(-c4ccc(-c5ccc6c(c5)c5ccccc5c5ccc7c8ccccc8oc7c56)cc4)c3)n2)C=C1. The Balaban J connectivity index is 0.983. The lowest BCUT2D eigenvalue weighted by Crippen LogP contribution is -2.07. The monoisotopic (exact) mass is 703 g/mol. The number of aromatic nitrogens is 3. The Kier molecular flexibility index (Phi) is 7.27. The molecule has 1 aliphatic carbocycles. The summed E-state index contributed by atoms with van der Waals surface area (Å²) < 4.78 is 6.57. The van der Waals surface area contributed by atoms with Crippen molar-refractivity contribution in [3.63, 3.8) is 0 Å². The van der Waals surface area contributed by atoms with Gasteiger partial charge in [-0.2, -0.15) is 0 Å². The Morgan fingerprint density at radius 2 is 1.02 bits per heavy atom. The van der Waals surface area contributed by atoms with Crippen LogP contribution in [-0.2, 0) is 0 Å². The molecule has 0 N–H and O–H groups in total. The number of hydrogen-bond donors (Lipinski definition) is 0. The first kappa shape index (κ1) is 31.4. The van der Waals surface area contributed by atoms with Crippen molar-refractivity contribution in [1.82, 2.24) is 15.0 Å². The molecule has 2 aromatic heterocycles. The molecule has 258 valence electrons. The number of rotatable bonds is 5. The van der Waals surface area contributed by atoms with Crippen LogP contribution in [0.2, 0.25) is 0 Å². The van der Waals surface area contributed by atoms with Gasteiger partial charge >= 0.3 is 0 Å². The van der Waals surface area contributed by atoms with Gasteiger partial charge in [0.15, 0.2) is 11.6 Å². The third kappa shape index (κ3) is 5.33. The van der Waals surface area contributed by atoms with E-state index >= 15 is 0 Å². The van der Waals surface area contributed by atoms with Crippen molar-refractivity contribution in [3.05, 3.63) is 188 Å². The number of nitrogens with zero attached hydrogens (tertiary/aromatic N) is 3. The van der Waals surface area contributed by atoms with Crippen molar-refractivity contribution in [2.24, 2.45) is 0 Å². The van der Waals surface area contributed by atoms with Crippen LogP contribution in [0.4, 0.5) is 0 Å². The van der Waals surface area contributed by atoms with Gasteiger partial charge in [-0.1, -0.05) is 158 Å². The van der Waals surface area contributed by atoms with Crippen molar-refractivity contribution >= 4 is 54.3 Å². The molecule has 0 bridgehead atoms. The first-order valence-corrected chi connectivity index (χ1v) is 18.8. The van der Waals surface area contributed by atoms with Crippen molar-refractivity contribution in [3.8, 4) is 45.0 Å². The molecule has 0 radical (unpaired) electrons. The Hall–Kier alpha value is -7.17. The highest BCUT2D eigenvalue weighted by atomic mass is 16.3. The standard InChI is InChI=1S/C51H33N3O/c1-3-12-34(13-4-1)49-52-50(35-14-5-2-6-15-35)54-51(53-49)38-17-11-16-36(30-38)32-22-24-33(25-23-32)37-26-27-43-45(31-37)40-19-8-7-18-39(40)42-28-29-44-41-20-9-10-21-46(41)55-48(44)47(42)43/h1-14,16-31,35H,15H2. The van der Waals surface area contributed by atoms with Crippen molar-refractivity contribution in [1.29, 1.82) is 0 Å². The van der Waals surface area contributed by atoms with Crippen molar-refractivity contribution < 1.29 is 4.42 Å². The molecule has 0 amide bonds. The molecule has 8 aromatic carbocycles. The molecular weight excluding hydrogens is 671 g/mol. The fourth-order valence-electron chi connectivity index (χ4n) is 8.27. The third-order valence-electron chi connectivity index (χ3n) is 11.0. The van der Waals surface area contributed by atoms with Gasteiger partial charge in [0.05, 0.1) is 0 Å². The quantitative estimate of drug-likeness (QED) is 0.167. The second-order valence-electron chi connectivity index (χ2n) is 14.3. The zero-order chi connectivity index (χ0) is 36.3. The maximum atomic E-state index is 6.57. The molecule has 0 fully saturated rings. The van der Waals surface area contributed by atoms with E-state index in [0.717, 1.165) is 67.4 Å². The average molecular weight is 704 g/mol. The number of fused-ring (bicyclic) bond motifs is 10. The number of hydrogen-bond acceptors (Lipinski definition) is 4. The Bertz CT molecular complexity index is 3170. The molecule has 1 atom stereocenters. The second kappa shape index (κ2) is 12.8. The summed E-state index contributed by atoms with van der Waals surface area (Å²) in [5.74, 6) is 2.28. The van der Waals surface area contributed by atoms with Gasteiger partial charge in [-0.05, 0) is 79.9 Å². The molecule has 4 nitrogen and oxygen atoms in total. The fourth-order valence-corrected chi connectivity index (χ4v) is 8.27. The van der Waals surface area contributed by atoms with Crippen LogP contribution in [-0.4, -0.2) is 15.0 Å². The Morgan fingerprint density at radius 3 is 1.80 bits per heavy atom. The number of allylic oxidation sites excluding steroid dienone is 4. The summed E-state index contributed by atoms with van der Waals surface area (Å²) in [5.41, 5.74) is 8.38. The largest absolute Gasteiger partial charge is 0.455 e. The topological polar surface area (TPSA) is 51.8 Å². The number of para-hydroxylation sites is 1. The molecule has 0 saturated heterocycles. The second-order valence-corrected chi connectivity index (χ2v) is 14.3. The number of benzene rings is 8. The molecule has 1 unspecified atom stereocenters. The maximum Gasteiger partial charge on any atom is 0.163 e. The van der Waals surface area contributed by atoms with Crippen LogP contribution in [0.15, 0.2) is 186 Å². The van der Waals surface area contributed by atoms with Gasteiger partial charge in [-0.25, -0.2) is 15.0 Å². The minimum absolute atomic E-state index is 0.114. The maximum absolute atomic E-state index is 6.57. The van der Waals surface area contributed by atoms with Gasteiger partial charge in [0.2, 0.25) is 0 Å². The van der Waals surface area contributed by atoms with Gasteiger partial charge in [-0.3, -0.25) is 0 Å². The molecule has 10 aromatic rings. The van der Waals surface area contributed by atoms with E-state index < -0.39 is 0 Å². The summed E-state index contributed by atoms with van der Waals surface area (Å²) in [6.45, 7) is 0. The van der Waals surface area contributed by atoms with Gasteiger partial charge in [0.25, 0.3) is 0 Å². The van der Waals surface area contributed by atoms with E-state index in [1.165, 1.54) is 32.5 Å². The van der Waals surface area contributed by atoms with Crippen molar-refractivity contribution in [2.75, 3.05) is 0 Å². The molecule has 4 heteroatoms. The summed E-state index contributed by atoms with van der Waals surface area (Å²) in [5, 5.41) is 9.55. The van der Waals surface area contributed by atoms with Gasteiger partial charge < -0.3 is 4.42 Å². The zero-order valence-corrected chi connectivity index (χ0v) is 29.9. The van der Waals surface area contributed by atoms with Crippen LogP contribution in [0.1, 0.15) is 18.2 Å². The molecule has 1 aliphatic rings. The molecule has 55 heavy (non-hydrogen) atoms. The fraction of sp³-hybridized carbons (Fsp3) is 0.0392. The third-order valence-corrected chi connectivity index (χ3v) is 11.0. The summed E-state index contributed by atoms with van der Waals surface area (Å²) >= 11 is 0. The van der Waals surface area contributed by atoms with E-state index in [4.69, 9.17) is 19.4 Å². The van der Waals surface area contributed by atoms with Crippen LogP contribution in [0.5, 0.6) is 0 Å². The highest BCUT2D eigenvalue weighted by Gasteiger charge is 2.19. The summed E-state index contributed by atoms with van der Waals surface area (Å²) in [6, 6.07) is 55.9. The molecule has 0 saturated carbocycles. The molecule has 11 rings (SSSR count). The van der Waals surface area contributed by atoms with E-state index in [0.29, 0.717) is 11.6 Å². The van der Waals surface area contributed by atoms with E-state index in [9.17, 15) is 0 Å². The zero-order valence-electron chi connectivity index (χ0n) is 29.9. The molecule has 2 heterocycles. The van der Waals surface area contributed by atoms with E-state index in [1.807, 2.05) is 24.3 Å². The van der Waals surface area contributed by atoms with Crippen LogP contribution in [0.3, 0.4) is 0 Å². The molecule has 0 spiro atoms. The lowest BCUT2D eigenvalue weighted by molar-refractivity contribution is 0.673.